The Morgan fingerprint density at radius 2 is 2.00 bits per heavy atom. The van der Waals surface area contributed by atoms with Gasteiger partial charge in [-0.05, 0) is 24.6 Å². The third kappa shape index (κ3) is 8.45. The van der Waals surface area contributed by atoms with Gasteiger partial charge < -0.3 is 15.2 Å². The van der Waals surface area contributed by atoms with Gasteiger partial charge in [0.2, 0.25) is 5.91 Å². The predicted octanol–water partition coefficient (Wildman–Crippen LogP) is 3.78. The summed E-state index contributed by atoms with van der Waals surface area (Å²) in [5.74, 6) is -0.593. The van der Waals surface area contributed by atoms with Crippen molar-refractivity contribution in [2.24, 2.45) is 0 Å². The number of aliphatic carboxylic acids is 1. The van der Waals surface area contributed by atoms with E-state index in [0.29, 0.717) is 17.4 Å². The van der Waals surface area contributed by atoms with Crippen LogP contribution in [0.5, 0.6) is 5.75 Å². The van der Waals surface area contributed by atoms with Gasteiger partial charge in [0.15, 0.2) is 0 Å². The number of carbonyl (C=O) groups is 2. The number of nitrogens with one attached hydrogen (secondary N) is 1. The third-order valence-corrected chi connectivity index (χ3v) is 3.56. The van der Waals surface area contributed by atoms with Gasteiger partial charge in [0.25, 0.3) is 0 Å². The molecule has 0 saturated heterocycles. The van der Waals surface area contributed by atoms with Crippen LogP contribution in [0.15, 0.2) is 18.2 Å². The van der Waals surface area contributed by atoms with Gasteiger partial charge in [-0.3, -0.25) is 9.59 Å². The second kappa shape index (κ2) is 10.9. The second-order valence-electron chi connectivity index (χ2n) is 5.33. The van der Waals surface area contributed by atoms with Crippen LogP contribution in [-0.2, 0) is 16.1 Å². The van der Waals surface area contributed by atoms with Crippen molar-refractivity contribution in [3.05, 3.63) is 28.8 Å². The number of rotatable bonds is 11. The lowest BCUT2D eigenvalue weighted by molar-refractivity contribution is -0.138. The Morgan fingerprint density at radius 1 is 1.22 bits per heavy atom. The maximum atomic E-state index is 11.6. The van der Waals surface area contributed by atoms with Gasteiger partial charge in [-0.25, -0.2) is 0 Å². The molecule has 2 N–H and O–H groups in total. The molecular formula is C17H24ClNO4. The molecule has 0 aromatic heterocycles. The van der Waals surface area contributed by atoms with Crippen molar-refractivity contribution in [2.45, 2.75) is 52.0 Å². The molecule has 0 aliphatic rings. The van der Waals surface area contributed by atoms with E-state index in [2.05, 4.69) is 12.2 Å². The van der Waals surface area contributed by atoms with Crippen molar-refractivity contribution in [1.29, 1.82) is 0 Å². The van der Waals surface area contributed by atoms with Gasteiger partial charge in [0.05, 0.1) is 13.0 Å². The maximum Gasteiger partial charge on any atom is 0.303 e. The summed E-state index contributed by atoms with van der Waals surface area (Å²) >= 11 is 5.99. The molecule has 0 aliphatic carbocycles. The van der Waals surface area contributed by atoms with E-state index in [0.717, 1.165) is 18.4 Å². The smallest absolute Gasteiger partial charge is 0.303 e. The normalized spacial score (nSPS) is 10.3. The SMILES string of the molecule is CCCCCCOc1ccc(Cl)cc1CNC(=O)CCC(=O)O. The van der Waals surface area contributed by atoms with Crippen LogP contribution in [0.3, 0.4) is 0 Å². The lowest BCUT2D eigenvalue weighted by Gasteiger charge is -2.13. The van der Waals surface area contributed by atoms with E-state index in [1.807, 2.05) is 0 Å². The molecule has 1 amide bonds. The van der Waals surface area contributed by atoms with Gasteiger partial charge in [0.1, 0.15) is 5.75 Å². The second-order valence-corrected chi connectivity index (χ2v) is 5.77. The topological polar surface area (TPSA) is 75.6 Å². The van der Waals surface area contributed by atoms with Crippen molar-refractivity contribution in [2.75, 3.05) is 6.61 Å². The van der Waals surface area contributed by atoms with Crippen molar-refractivity contribution < 1.29 is 19.4 Å². The molecule has 5 nitrogen and oxygen atoms in total. The number of halogens is 1. The molecule has 0 bridgehead atoms. The highest BCUT2D eigenvalue weighted by Gasteiger charge is 2.09. The number of carboxylic acid groups (broad SMARTS) is 1. The number of unbranched alkanes of at least 4 members (excludes halogenated alkanes) is 3. The van der Waals surface area contributed by atoms with E-state index in [1.54, 1.807) is 18.2 Å². The summed E-state index contributed by atoms with van der Waals surface area (Å²) in [6, 6.07) is 5.29. The van der Waals surface area contributed by atoms with Crippen molar-refractivity contribution in [3.63, 3.8) is 0 Å². The first-order valence-electron chi connectivity index (χ1n) is 7.92. The summed E-state index contributed by atoms with van der Waals surface area (Å²) in [4.78, 5) is 22.1. The zero-order valence-corrected chi connectivity index (χ0v) is 14.2. The van der Waals surface area contributed by atoms with Crippen LogP contribution in [0.2, 0.25) is 5.02 Å². The summed E-state index contributed by atoms with van der Waals surface area (Å²) < 4.78 is 5.77. The largest absolute Gasteiger partial charge is 0.493 e. The van der Waals surface area contributed by atoms with Crippen molar-refractivity contribution in [3.8, 4) is 5.75 Å². The third-order valence-electron chi connectivity index (χ3n) is 3.32. The molecule has 0 radical (unpaired) electrons. The highest BCUT2D eigenvalue weighted by Crippen LogP contribution is 2.23. The molecule has 23 heavy (non-hydrogen) atoms. The van der Waals surface area contributed by atoms with Crippen LogP contribution >= 0.6 is 11.6 Å². The lowest BCUT2D eigenvalue weighted by Crippen LogP contribution is -2.23. The predicted molar refractivity (Wildman–Crippen MR) is 89.8 cm³/mol. The fourth-order valence-electron chi connectivity index (χ4n) is 2.04. The Hall–Kier alpha value is -1.75. The maximum absolute atomic E-state index is 11.6. The van der Waals surface area contributed by atoms with Gasteiger partial charge in [-0.15, -0.1) is 0 Å². The van der Waals surface area contributed by atoms with E-state index >= 15 is 0 Å². The first-order chi connectivity index (χ1) is 11.0. The highest BCUT2D eigenvalue weighted by molar-refractivity contribution is 6.30. The zero-order valence-electron chi connectivity index (χ0n) is 13.4. The number of ether oxygens (including phenoxy) is 1. The van der Waals surface area contributed by atoms with Crippen molar-refractivity contribution >= 4 is 23.5 Å². The highest BCUT2D eigenvalue weighted by atomic mass is 35.5. The summed E-state index contributed by atoms with van der Waals surface area (Å²) in [6.07, 6.45) is 4.27. The molecule has 0 heterocycles. The molecule has 1 rings (SSSR count). The number of amides is 1. The number of carbonyl (C=O) groups excluding carboxylic acids is 1. The van der Waals surface area contributed by atoms with Crippen LogP contribution in [0, 0.1) is 0 Å². The molecule has 128 valence electrons. The van der Waals surface area contributed by atoms with E-state index in [-0.39, 0.29) is 25.3 Å². The number of carboxylic acids is 1. The van der Waals surface area contributed by atoms with Crippen LogP contribution in [0.1, 0.15) is 51.0 Å². The summed E-state index contributed by atoms with van der Waals surface area (Å²) in [5.41, 5.74) is 0.789. The van der Waals surface area contributed by atoms with Crippen LogP contribution < -0.4 is 10.1 Å². The Bertz CT molecular complexity index is 519. The molecule has 6 heteroatoms. The molecule has 0 saturated carbocycles. The molecular weight excluding hydrogens is 318 g/mol. The minimum absolute atomic E-state index is 0.0386. The molecule has 1 aromatic carbocycles. The molecule has 0 aliphatic heterocycles. The van der Waals surface area contributed by atoms with E-state index < -0.39 is 5.97 Å². The fraction of sp³-hybridized carbons (Fsp3) is 0.529. The van der Waals surface area contributed by atoms with Gasteiger partial charge >= 0.3 is 5.97 Å². The van der Waals surface area contributed by atoms with E-state index in [9.17, 15) is 9.59 Å². The van der Waals surface area contributed by atoms with Gasteiger partial charge in [-0.2, -0.15) is 0 Å². The van der Waals surface area contributed by atoms with Crippen LogP contribution in [-0.4, -0.2) is 23.6 Å². The van der Waals surface area contributed by atoms with E-state index in [1.165, 1.54) is 12.8 Å². The zero-order chi connectivity index (χ0) is 17.1. The Morgan fingerprint density at radius 3 is 2.70 bits per heavy atom. The number of hydrogen-bond acceptors (Lipinski definition) is 3. The first-order valence-corrected chi connectivity index (χ1v) is 8.30. The Kier molecular flexibility index (Phi) is 9.14. The molecule has 1 aromatic rings. The first kappa shape index (κ1) is 19.3. The Balaban J connectivity index is 2.50. The molecule has 0 spiro atoms. The van der Waals surface area contributed by atoms with Gasteiger partial charge in [0, 0.05) is 23.6 Å². The minimum atomic E-state index is -0.987. The monoisotopic (exact) mass is 341 g/mol. The minimum Gasteiger partial charge on any atom is -0.493 e. The fourth-order valence-corrected chi connectivity index (χ4v) is 2.24. The average Bonchev–Trinajstić information content (AvgIpc) is 2.52. The standard InChI is InChI=1S/C17H24ClNO4/c1-2-3-4-5-10-23-15-7-6-14(18)11-13(15)12-19-16(20)8-9-17(21)22/h6-7,11H,2-5,8-10,12H2,1H3,(H,19,20)(H,21,22). The molecule has 0 fully saturated rings. The summed E-state index contributed by atoms with van der Waals surface area (Å²) in [7, 11) is 0. The van der Waals surface area contributed by atoms with Gasteiger partial charge in [-0.1, -0.05) is 37.8 Å². The van der Waals surface area contributed by atoms with E-state index in [4.69, 9.17) is 21.4 Å². The number of hydrogen-bond donors (Lipinski definition) is 2. The Labute approximate surface area is 142 Å². The average molecular weight is 342 g/mol. The summed E-state index contributed by atoms with van der Waals surface area (Å²) in [5, 5.41) is 11.8. The molecule has 0 atom stereocenters. The lowest BCUT2D eigenvalue weighted by atomic mass is 10.2. The van der Waals surface area contributed by atoms with Crippen LogP contribution in [0.25, 0.3) is 0 Å². The quantitative estimate of drug-likeness (QED) is 0.600. The van der Waals surface area contributed by atoms with Crippen molar-refractivity contribution in [1.82, 2.24) is 5.32 Å². The molecule has 0 unspecified atom stereocenters. The summed E-state index contributed by atoms with van der Waals surface area (Å²) in [6.45, 7) is 3.05. The number of benzene rings is 1. The van der Waals surface area contributed by atoms with Crippen LogP contribution in [0.4, 0.5) is 0 Å².